The quantitative estimate of drug-likeness (QED) is 0.647. The molecule has 5 rings (SSSR count). The largest absolute Gasteiger partial charge is 0.330 e. The van der Waals surface area contributed by atoms with E-state index in [4.69, 9.17) is 11.6 Å². The molecule has 3 heterocycles. The van der Waals surface area contributed by atoms with Gasteiger partial charge in [0, 0.05) is 30.9 Å². The minimum absolute atomic E-state index is 0.0239. The Kier molecular flexibility index (Phi) is 4.62. The van der Waals surface area contributed by atoms with Gasteiger partial charge < -0.3 is 10.2 Å². The van der Waals surface area contributed by atoms with Crippen LogP contribution in [0.2, 0.25) is 5.02 Å². The number of carbonyl (C=O) groups is 2. The van der Waals surface area contributed by atoms with Crippen LogP contribution in [-0.2, 0) is 4.79 Å². The van der Waals surface area contributed by atoms with Crippen LogP contribution in [-0.4, -0.2) is 32.9 Å². The number of anilines is 2. The third-order valence-corrected chi connectivity index (χ3v) is 5.83. The second-order valence-corrected chi connectivity index (χ2v) is 8.13. The summed E-state index contributed by atoms with van der Waals surface area (Å²) in [6, 6.07) is 6.39. The van der Waals surface area contributed by atoms with Gasteiger partial charge in [-0.3, -0.25) is 23.9 Å². The number of benzene rings is 1. The van der Waals surface area contributed by atoms with E-state index < -0.39 is 17.2 Å². The van der Waals surface area contributed by atoms with Gasteiger partial charge in [0.25, 0.3) is 11.5 Å². The zero-order valence-electron chi connectivity index (χ0n) is 16.4. The van der Waals surface area contributed by atoms with Crippen molar-refractivity contribution in [1.29, 1.82) is 0 Å². The standard InChI is InChI=1S/C21H18ClN5O4/c22-15-9-12(3-6-16(15)26-7-1-2-17(26)28)24-19(29)11-8-14-18(23-10-11)27(13-4-5-13)21(31)25-20(14)30/h3,6,8-10,13H,1-2,4-5,7H2,(H,24,29)(H,25,30,31). The van der Waals surface area contributed by atoms with E-state index in [1.165, 1.54) is 16.8 Å². The molecule has 2 amide bonds. The molecule has 0 radical (unpaired) electrons. The summed E-state index contributed by atoms with van der Waals surface area (Å²) < 4.78 is 1.47. The lowest BCUT2D eigenvalue weighted by Gasteiger charge is -2.18. The third kappa shape index (κ3) is 3.50. The highest BCUT2D eigenvalue weighted by atomic mass is 35.5. The summed E-state index contributed by atoms with van der Waals surface area (Å²) in [5, 5.41) is 3.26. The first kappa shape index (κ1) is 19.5. The van der Waals surface area contributed by atoms with E-state index in [0.29, 0.717) is 29.4 Å². The van der Waals surface area contributed by atoms with Crippen molar-refractivity contribution in [3.63, 3.8) is 0 Å². The van der Waals surface area contributed by atoms with Gasteiger partial charge in [-0.1, -0.05) is 11.6 Å². The van der Waals surface area contributed by atoms with Crippen LogP contribution in [0.15, 0.2) is 40.1 Å². The molecule has 2 aromatic heterocycles. The van der Waals surface area contributed by atoms with Crippen LogP contribution in [0.25, 0.3) is 11.0 Å². The van der Waals surface area contributed by atoms with E-state index in [1.54, 1.807) is 23.1 Å². The normalized spacial score (nSPS) is 16.2. The molecule has 2 N–H and O–H groups in total. The Balaban J connectivity index is 1.43. The highest BCUT2D eigenvalue weighted by Crippen LogP contribution is 2.35. The van der Waals surface area contributed by atoms with Crippen molar-refractivity contribution in [2.75, 3.05) is 16.8 Å². The number of fused-ring (bicyclic) bond motifs is 1. The summed E-state index contributed by atoms with van der Waals surface area (Å²) in [6.45, 7) is 0.619. The van der Waals surface area contributed by atoms with E-state index in [2.05, 4.69) is 15.3 Å². The second kappa shape index (κ2) is 7.35. The van der Waals surface area contributed by atoms with Crippen molar-refractivity contribution >= 4 is 45.8 Å². The molecule has 2 fully saturated rings. The molecule has 0 unspecified atom stereocenters. The molecule has 0 bridgehead atoms. The number of hydrogen-bond acceptors (Lipinski definition) is 5. The molecule has 10 heteroatoms. The molecule has 158 valence electrons. The topological polar surface area (TPSA) is 117 Å². The Morgan fingerprint density at radius 1 is 1.19 bits per heavy atom. The highest BCUT2D eigenvalue weighted by molar-refractivity contribution is 6.34. The average Bonchev–Trinajstić information content (AvgIpc) is 3.48. The number of halogens is 1. The van der Waals surface area contributed by atoms with E-state index in [0.717, 1.165) is 19.3 Å². The molecule has 31 heavy (non-hydrogen) atoms. The Morgan fingerprint density at radius 3 is 2.68 bits per heavy atom. The molecule has 1 saturated heterocycles. The minimum atomic E-state index is -0.582. The van der Waals surface area contributed by atoms with E-state index in [9.17, 15) is 19.2 Å². The van der Waals surface area contributed by atoms with Gasteiger partial charge >= 0.3 is 5.69 Å². The van der Waals surface area contributed by atoms with Crippen molar-refractivity contribution in [3.05, 3.63) is 61.9 Å². The Bertz CT molecular complexity index is 1360. The molecule has 1 saturated carbocycles. The number of carbonyl (C=O) groups excluding carboxylic acids is 2. The molecule has 1 aliphatic heterocycles. The van der Waals surface area contributed by atoms with E-state index in [1.807, 2.05) is 0 Å². The predicted molar refractivity (Wildman–Crippen MR) is 116 cm³/mol. The van der Waals surface area contributed by atoms with Crippen LogP contribution in [0.3, 0.4) is 0 Å². The third-order valence-electron chi connectivity index (χ3n) is 5.52. The summed E-state index contributed by atoms with van der Waals surface area (Å²) in [7, 11) is 0. The van der Waals surface area contributed by atoms with Crippen molar-refractivity contribution in [3.8, 4) is 0 Å². The summed E-state index contributed by atoms with van der Waals surface area (Å²) in [5.41, 5.74) is 0.434. The Hall–Kier alpha value is -3.46. The van der Waals surface area contributed by atoms with E-state index >= 15 is 0 Å². The fraction of sp³-hybridized carbons (Fsp3) is 0.286. The smallest absolute Gasteiger partial charge is 0.322 e. The molecule has 9 nitrogen and oxygen atoms in total. The SMILES string of the molecule is O=C(Nc1ccc(N2CCCC2=O)c(Cl)c1)c1cnc2c(c1)c(=O)[nH]c(=O)n2C1CC1. The molecule has 1 aromatic carbocycles. The van der Waals surface area contributed by atoms with Gasteiger partial charge in [0.15, 0.2) is 0 Å². The van der Waals surface area contributed by atoms with Crippen LogP contribution in [0.4, 0.5) is 11.4 Å². The molecular weight excluding hydrogens is 422 g/mol. The van der Waals surface area contributed by atoms with Crippen molar-refractivity contribution in [1.82, 2.24) is 14.5 Å². The molecular formula is C21H18ClN5O4. The number of hydrogen-bond donors (Lipinski definition) is 2. The number of aromatic nitrogens is 3. The first-order valence-corrected chi connectivity index (χ1v) is 10.4. The van der Waals surface area contributed by atoms with Gasteiger partial charge in [-0.25, -0.2) is 9.78 Å². The average molecular weight is 440 g/mol. The fourth-order valence-corrected chi connectivity index (χ4v) is 4.13. The van der Waals surface area contributed by atoms with Crippen molar-refractivity contribution in [2.24, 2.45) is 0 Å². The Morgan fingerprint density at radius 2 is 2.00 bits per heavy atom. The van der Waals surface area contributed by atoms with Crippen LogP contribution >= 0.6 is 11.6 Å². The lowest BCUT2D eigenvalue weighted by Crippen LogP contribution is -2.30. The Labute approximate surface area is 180 Å². The van der Waals surface area contributed by atoms with Crippen LogP contribution < -0.4 is 21.5 Å². The number of nitrogens with one attached hydrogen (secondary N) is 2. The molecule has 0 spiro atoms. The summed E-state index contributed by atoms with van der Waals surface area (Å²) in [6.07, 6.45) is 4.33. The van der Waals surface area contributed by atoms with Crippen molar-refractivity contribution in [2.45, 2.75) is 31.7 Å². The van der Waals surface area contributed by atoms with E-state index in [-0.39, 0.29) is 28.5 Å². The highest BCUT2D eigenvalue weighted by Gasteiger charge is 2.28. The van der Waals surface area contributed by atoms with Gasteiger partial charge in [0.2, 0.25) is 5.91 Å². The first-order valence-electron chi connectivity index (χ1n) is 9.98. The number of aromatic amines is 1. The number of amides is 2. The number of nitrogens with zero attached hydrogens (tertiary/aromatic N) is 3. The van der Waals surface area contributed by atoms with Crippen LogP contribution in [0, 0.1) is 0 Å². The van der Waals surface area contributed by atoms with Gasteiger partial charge in [-0.05, 0) is 43.5 Å². The number of rotatable bonds is 4. The maximum Gasteiger partial charge on any atom is 0.330 e. The molecule has 3 aromatic rings. The van der Waals surface area contributed by atoms with Gasteiger partial charge in [-0.15, -0.1) is 0 Å². The lowest BCUT2D eigenvalue weighted by molar-refractivity contribution is -0.117. The monoisotopic (exact) mass is 439 g/mol. The maximum atomic E-state index is 12.7. The molecule has 2 aliphatic rings. The molecule has 1 aliphatic carbocycles. The van der Waals surface area contributed by atoms with Gasteiger partial charge in [0.05, 0.1) is 21.7 Å². The predicted octanol–water partition coefficient (Wildman–Crippen LogP) is 2.45. The van der Waals surface area contributed by atoms with Crippen molar-refractivity contribution < 1.29 is 9.59 Å². The van der Waals surface area contributed by atoms with Gasteiger partial charge in [0.1, 0.15) is 5.65 Å². The maximum absolute atomic E-state index is 12.7. The number of H-pyrrole nitrogens is 1. The summed E-state index contributed by atoms with van der Waals surface area (Å²) in [5.74, 6) is -0.449. The summed E-state index contributed by atoms with van der Waals surface area (Å²) in [4.78, 5) is 57.2. The minimum Gasteiger partial charge on any atom is -0.322 e. The van der Waals surface area contributed by atoms with Gasteiger partial charge in [-0.2, -0.15) is 0 Å². The fourth-order valence-electron chi connectivity index (χ4n) is 3.84. The summed E-state index contributed by atoms with van der Waals surface area (Å²) >= 11 is 6.34. The zero-order valence-corrected chi connectivity index (χ0v) is 17.1. The zero-order chi connectivity index (χ0) is 21.7. The first-order chi connectivity index (χ1) is 14.9. The van der Waals surface area contributed by atoms with Crippen LogP contribution in [0.1, 0.15) is 42.1 Å². The number of pyridine rings is 1. The molecule has 0 atom stereocenters. The van der Waals surface area contributed by atoms with Crippen LogP contribution in [0.5, 0.6) is 0 Å². The lowest BCUT2D eigenvalue weighted by atomic mass is 10.2. The second-order valence-electron chi connectivity index (χ2n) is 7.72.